The molecule has 5 N–H and O–H groups in total. The number of hydrogen-bond acceptors (Lipinski definition) is 18. The first-order chi connectivity index (χ1) is 36.6. The molecule has 384 valence electrons. The van der Waals surface area contributed by atoms with Crippen molar-refractivity contribution in [3.8, 4) is 51.6 Å². The van der Waals surface area contributed by atoms with Crippen LogP contribution in [0.4, 0.5) is 24.5 Å². The number of anilines is 2. The summed E-state index contributed by atoms with van der Waals surface area (Å²) in [6, 6.07) is 28.9. The largest absolute Gasteiger partial charge is 0.505 e. The van der Waals surface area contributed by atoms with Gasteiger partial charge in [0.1, 0.15) is 28.5 Å². The van der Waals surface area contributed by atoms with Gasteiger partial charge in [0, 0.05) is 0 Å². The van der Waals surface area contributed by atoms with E-state index in [0.29, 0.717) is 98.9 Å². The van der Waals surface area contributed by atoms with Gasteiger partial charge in [-0.25, -0.2) is 33.1 Å². The van der Waals surface area contributed by atoms with Gasteiger partial charge in [0.2, 0.25) is 17.7 Å². The summed E-state index contributed by atoms with van der Waals surface area (Å²) in [5.74, 6) is 2.05. The molecule has 76 heavy (non-hydrogen) atoms. The first-order valence-electron chi connectivity index (χ1n) is 23.4. The first-order valence-corrected chi connectivity index (χ1v) is 23.4. The van der Waals surface area contributed by atoms with Crippen molar-refractivity contribution in [3.05, 3.63) is 184 Å². The van der Waals surface area contributed by atoms with E-state index in [9.17, 15) is 18.3 Å². The molecule has 18 nitrogen and oxygen atoms in total. The molecule has 0 bridgehead atoms. The molecule has 0 radical (unpaired) electrons. The molecule has 5 aromatic heterocycles. The molecule has 0 saturated carbocycles. The molecule has 0 unspecified atom stereocenters. The molecule has 11 rings (SSSR count). The molecule has 0 aliphatic carbocycles. The van der Waals surface area contributed by atoms with Crippen molar-refractivity contribution in [1.82, 2.24) is 50.5 Å². The van der Waals surface area contributed by atoms with Gasteiger partial charge >= 0.3 is 0 Å². The number of rotatable bonds is 11. The van der Waals surface area contributed by atoms with Crippen LogP contribution in [0.5, 0.6) is 17.2 Å². The highest BCUT2D eigenvalue weighted by molar-refractivity contribution is 5.89. The molecule has 11 aromatic rings. The average molecular weight is 1030 g/mol. The van der Waals surface area contributed by atoms with Gasteiger partial charge in [-0.2, -0.15) is 0 Å². The molecule has 6 aromatic carbocycles. The lowest BCUT2D eigenvalue weighted by Crippen LogP contribution is -2.00. The van der Waals surface area contributed by atoms with Crippen molar-refractivity contribution < 1.29 is 41.0 Å². The van der Waals surface area contributed by atoms with Crippen LogP contribution in [0.25, 0.3) is 56.4 Å². The van der Waals surface area contributed by atoms with E-state index >= 15 is 0 Å². The lowest BCUT2D eigenvalue weighted by molar-refractivity contribution is 0.416. The first kappa shape index (κ1) is 51.1. The number of halogens is 3. The number of aromatic nitrogens is 10. The Bertz CT molecular complexity index is 3850. The fraction of sp³-hybridized carbons (Fsp3) is 0.164. The maximum Gasteiger partial charge on any atom is 0.251 e. The summed E-state index contributed by atoms with van der Waals surface area (Å²) in [4.78, 5) is 18.0. The van der Waals surface area contributed by atoms with Crippen LogP contribution in [0, 0.1) is 45.1 Å². The van der Waals surface area contributed by atoms with E-state index in [0.717, 1.165) is 45.0 Å². The second-order valence-corrected chi connectivity index (χ2v) is 17.2. The second-order valence-electron chi connectivity index (χ2n) is 17.2. The number of fused-ring (bicyclic) bond motifs is 2. The third-order valence-electron chi connectivity index (χ3n) is 12.0. The van der Waals surface area contributed by atoms with Crippen LogP contribution in [-0.4, -0.2) is 69.9 Å². The van der Waals surface area contributed by atoms with Crippen LogP contribution >= 0.6 is 0 Å². The van der Waals surface area contributed by atoms with Gasteiger partial charge in [-0.05, 0) is 117 Å². The Morgan fingerprint density at radius 3 is 1.22 bits per heavy atom. The summed E-state index contributed by atoms with van der Waals surface area (Å²) in [6.07, 6.45) is 1.20. The number of nitrogens with two attached hydrogens (primary N) is 2. The molecular formula is C55H47F3N12O6. The van der Waals surface area contributed by atoms with E-state index in [2.05, 4.69) is 50.5 Å². The predicted molar refractivity (Wildman–Crippen MR) is 276 cm³/mol. The van der Waals surface area contributed by atoms with Crippen LogP contribution < -0.4 is 20.9 Å². The summed E-state index contributed by atoms with van der Waals surface area (Å²) >= 11 is 0. The van der Waals surface area contributed by atoms with E-state index in [1.807, 2.05) is 39.8 Å². The summed E-state index contributed by atoms with van der Waals surface area (Å²) in [7, 11) is 3.06. The average Bonchev–Trinajstić information content (AvgIpc) is 4.21. The Balaban J connectivity index is 0.000000140. The Labute approximate surface area is 431 Å². The van der Waals surface area contributed by atoms with Crippen LogP contribution in [-0.2, 0) is 19.3 Å². The van der Waals surface area contributed by atoms with Gasteiger partial charge in [-0.3, -0.25) is 0 Å². The number of nitrogen functional groups attached to an aromatic ring is 2. The van der Waals surface area contributed by atoms with Gasteiger partial charge in [-0.15, -0.1) is 30.6 Å². The number of ether oxygens (including phenoxy) is 2. The van der Waals surface area contributed by atoms with Crippen LogP contribution in [0.15, 0.2) is 122 Å². The minimum absolute atomic E-state index is 0.0462. The Morgan fingerprint density at radius 2 is 0.789 bits per heavy atom. The van der Waals surface area contributed by atoms with E-state index < -0.39 is 0 Å². The predicted octanol–water partition coefficient (Wildman–Crippen LogP) is 10.4. The SMILES string of the molecule is COc1c(-c2nnc(Cc3ccc(F)cc3)o2)ccc(N)c1N.COc1c(-c2nnc(Cc3ccc(F)cc3)o2)ccc2nc(C)c(C)nc12.Cc1nc2ccc(-c3nnc(Cc4ccc(F)cc4)o3)c(O)c2nc1C. The molecule has 0 saturated heterocycles. The summed E-state index contributed by atoms with van der Waals surface area (Å²) in [5.41, 5.74) is 22.2. The molecular weight excluding hydrogens is 982 g/mol. The normalized spacial score (nSPS) is 11.0. The van der Waals surface area contributed by atoms with Gasteiger partial charge in [0.05, 0.1) is 95.4 Å². The zero-order chi connectivity index (χ0) is 53.6. The lowest BCUT2D eigenvalue weighted by atomic mass is 10.1. The highest BCUT2D eigenvalue weighted by Crippen LogP contribution is 2.39. The molecule has 21 heteroatoms. The zero-order valence-corrected chi connectivity index (χ0v) is 41.8. The molecule has 5 heterocycles. The minimum Gasteiger partial charge on any atom is -0.505 e. The standard InChI is InChI=1S/C20H17FN4O2.C19H15FN4O2.C16H15FN4O2/c1-11-12(2)23-18-16(22-11)9-8-15(19(18)26-3)20-25-24-17(27-20)10-13-4-6-14(21)7-5-13;1-10-11(2)22-17-15(21-10)8-7-14(18(17)25)19-24-23-16(26-19)9-12-3-5-13(20)6-4-12;1-22-15-11(6-7-12(18)14(15)19)16-21-20-13(23-16)8-9-2-4-10(17)5-3-9/h4-9H,10H2,1-3H3;3-8,25H,9H2,1-2H3;2-7H,8,18-19H2,1H3. The van der Waals surface area contributed by atoms with Crippen molar-refractivity contribution >= 4 is 33.4 Å². The number of phenols is 1. The molecule has 0 aliphatic rings. The highest BCUT2D eigenvalue weighted by Gasteiger charge is 2.21. The number of aryl methyl sites for hydroxylation is 4. The van der Waals surface area contributed by atoms with Crippen molar-refractivity contribution in [2.45, 2.75) is 47.0 Å². The second kappa shape index (κ2) is 22.1. The molecule has 0 spiro atoms. The van der Waals surface area contributed by atoms with Crippen LogP contribution in [0.2, 0.25) is 0 Å². The maximum absolute atomic E-state index is 13.0. The van der Waals surface area contributed by atoms with Gasteiger partial charge in [0.15, 0.2) is 17.2 Å². The topological polar surface area (TPSA) is 259 Å². The summed E-state index contributed by atoms with van der Waals surface area (Å²) in [6.45, 7) is 7.52. The van der Waals surface area contributed by atoms with Crippen LogP contribution in [0.3, 0.4) is 0 Å². The number of benzene rings is 6. The molecule has 0 atom stereocenters. The van der Waals surface area contributed by atoms with E-state index in [1.54, 1.807) is 67.8 Å². The lowest BCUT2D eigenvalue weighted by Gasteiger charge is -2.10. The van der Waals surface area contributed by atoms with Gasteiger partial charge < -0.3 is 39.3 Å². The smallest absolute Gasteiger partial charge is 0.251 e. The summed E-state index contributed by atoms with van der Waals surface area (Å²) < 4.78 is 66.9. The number of phenolic OH excluding ortho intramolecular Hbond substituents is 1. The van der Waals surface area contributed by atoms with E-state index in [-0.39, 0.29) is 35.0 Å². The Hall–Kier alpha value is -9.79. The summed E-state index contributed by atoms with van der Waals surface area (Å²) in [5, 5.41) is 34.8. The molecule has 0 fully saturated rings. The monoisotopic (exact) mass is 1030 g/mol. The Kier molecular flexibility index (Phi) is 14.9. The van der Waals surface area contributed by atoms with Gasteiger partial charge in [0.25, 0.3) is 17.7 Å². The fourth-order valence-corrected chi connectivity index (χ4v) is 7.73. The number of methoxy groups -OCH3 is 2. The maximum atomic E-state index is 13.0. The number of aromatic hydroxyl groups is 1. The van der Waals surface area contributed by atoms with Crippen molar-refractivity contribution in [1.29, 1.82) is 0 Å². The van der Waals surface area contributed by atoms with Crippen molar-refractivity contribution in [2.75, 3.05) is 25.7 Å². The van der Waals surface area contributed by atoms with Crippen molar-refractivity contribution in [2.24, 2.45) is 0 Å². The van der Waals surface area contributed by atoms with Gasteiger partial charge in [-0.1, -0.05) is 36.4 Å². The third kappa shape index (κ3) is 11.4. The molecule has 0 aliphatic heterocycles. The number of hydrogen-bond donors (Lipinski definition) is 3. The zero-order valence-electron chi connectivity index (χ0n) is 41.8. The van der Waals surface area contributed by atoms with Crippen molar-refractivity contribution in [3.63, 3.8) is 0 Å². The fourth-order valence-electron chi connectivity index (χ4n) is 7.73. The molecule has 0 amide bonds. The number of nitrogens with zero attached hydrogens (tertiary/aromatic N) is 10. The van der Waals surface area contributed by atoms with E-state index in [4.69, 9.17) is 34.2 Å². The quantitative estimate of drug-likeness (QED) is 0.102. The third-order valence-corrected chi connectivity index (χ3v) is 12.0. The van der Waals surface area contributed by atoms with Crippen LogP contribution in [0.1, 0.15) is 57.1 Å². The Morgan fingerprint density at radius 1 is 0.434 bits per heavy atom. The highest BCUT2D eigenvalue weighted by atomic mass is 19.1. The minimum atomic E-state index is -0.298. The van der Waals surface area contributed by atoms with E-state index in [1.165, 1.54) is 43.5 Å².